The smallest absolute Gasteiger partial charge is 0.433 e. The van der Waals surface area contributed by atoms with E-state index in [1.807, 2.05) is 13.0 Å². The lowest BCUT2D eigenvalue weighted by Crippen LogP contribution is -2.52. The molecule has 1 aliphatic carbocycles. The molecule has 2 amide bonds. The number of nitrogens with zero attached hydrogens (tertiary/aromatic N) is 5. The van der Waals surface area contributed by atoms with Crippen LogP contribution in [0.1, 0.15) is 41.9 Å². The maximum atomic E-state index is 13.1. The monoisotopic (exact) mass is 604 g/mol. The number of methoxy groups -OCH3 is 1. The molecule has 42 heavy (non-hydrogen) atoms. The summed E-state index contributed by atoms with van der Waals surface area (Å²) < 4.78 is 43.9. The molecule has 3 heterocycles. The Bertz CT molecular complexity index is 1450. The summed E-state index contributed by atoms with van der Waals surface area (Å²) in [5.41, 5.74) is -0.0240. The molecule has 10 nitrogen and oxygen atoms in total. The highest BCUT2D eigenvalue weighted by Gasteiger charge is 2.41. The zero-order valence-electron chi connectivity index (χ0n) is 23.1. The van der Waals surface area contributed by atoms with E-state index in [4.69, 9.17) is 4.74 Å². The Hall–Kier alpha value is -3.78. The van der Waals surface area contributed by atoms with E-state index in [1.54, 1.807) is 28.1 Å². The van der Waals surface area contributed by atoms with Crippen molar-refractivity contribution in [1.82, 2.24) is 24.8 Å². The van der Waals surface area contributed by atoms with Gasteiger partial charge in [-0.05, 0) is 61.9 Å². The number of halogens is 3. The number of carbonyl (C=O) groups excluding carboxylic acids is 2. The molecule has 3 aromatic rings. The number of nitrogens with one attached hydrogen (secondary N) is 1. The Balaban J connectivity index is 1.23. The number of ether oxygens (including phenoxy) is 1. The summed E-state index contributed by atoms with van der Waals surface area (Å²) in [6.45, 7) is 3.64. The van der Waals surface area contributed by atoms with Crippen molar-refractivity contribution < 1.29 is 32.6 Å². The van der Waals surface area contributed by atoms with Crippen molar-refractivity contribution in [1.29, 1.82) is 0 Å². The highest BCUT2D eigenvalue weighted by molar-refractivity contribution is 7.15. The van der Waals surface area contributed by atoms with E-state index < -0.39 is 23.6 Å². The Labute approximate surface area is 244 Å². The quantitative estimate of drug-likeness (QED) is 0.420. The first kappa shape index (κ1) is 29.7. The van der Waals surface area contributed by atoms with Crippen LogP contribution < -0.4 is 5.32 Å². The number of alkyl halides is 3. The molecule has 0 radical (unpaired) electrons. The van der Waals surface area contributed by atoms with Crippen LogP contribution in [-0.4, -0.2) is 75.1 Å². The number of anilines is 2. The average molecular weight is 605 g/mol. The molecule has 0 spiro atoms. The Morgan fingerprint density at radius 3 is 2.45 bits per heavy atom. The molecule has 1 saturated heterocycles. The van der Waals surface area contributed by atoms with Gasteiger partial charge in [0.05, 0.1) is 12.0 Å². The number of hydrogen-bond donors (Lipinski definition) is 2. The molecule has 1 aromatic carbocycles. The minimum atomic E-state index is -4.58. The lowest BCUT2D eigenvalue weighted by molar-refractivity contribution is -0.141. The zero-order valence-corrected chi connectivity index (χ0v) is 24.0. The molecular formula is C28H31F3N6O4S. The molecule has 0 atom stereocenters. The van der Waals surface area contributed by atoms with Crippen molar-refractivity contribution in [3.8, 4) is 10.4 Å². The Kier molecular flexibility index (Phi) is 8.37. The van der Waals surface area contributed by atoms with Crippen LogP contribution in [0.4, 0.5) is 29.6 Å². The molecule has 2 N–H and O–H groups in total. The van der Waals surface area contributed by atoms with Gasteiger partial charge < -0.3 is 25.0 Å². The molecule has 2 fully saturated rings. The number of amides is 2. The van der Waals surface area contributed by atoms with E-state index in [1.165, 1.54) is 18.4 Å². The van der Waals surface area contributed by atoms with Gasteiger partial charge in [0.25, 0.3) is 0 Å². The number of aromatic nitrogens is 3. The number of benzene rings is 1. The van der Waals surface area contributed by atoms with Crippen molar-refractivity contribution in [3.63, 3.8) is 0 Å². The first-order chi connectivity index (χ1) is 19.9. The number of carbonyl (C=O) groups is 2. The van der Waals surface area contributed by atoms with E-state index in [-0.39, 0.29) is 17.8 Å². The van der Waals surface area contributed by atoms with Crippen LogP contribution in [0.15, 0.2) is 36.7 Å². The van der Waals surface area contributed by atoms with Gasteiger partial charge in [-0.15, -0.1) is 11.3 Å². The second kappa shape index (κ2) is 11.8. The summed E-state index contributed by atoms with van der Waals surface area (Å²) in [6, 6.07) is 6.28. The van der Waals surface area contributed by atoms with Crippen LogP contribution in [0, 0.1) is 12.8 Å². The van der Waals surface area contributed by atoms with Crippen molar-refractivity contribution in [3.05, 3.63) is 52.9 Å². The van der Waals surface area contributed by atoms with Crippen LogP contribution in [0.25, 0.3) is 10.4 Å². The van der Waals surface area contributed by atoms with Crippen molar-refractivity contribution in [2.24, 2.45) is 5.92 Å². The van der Waals surface area contributed by atoms with Gasteiger partial charge in [0.1, 0.15) is 16.3 Å². The summed E-state index contributed by atoms with van der Waals surface area (Å²) in [5, 5.41) is 14.9. The maximum absolute atomic E-state index is 13.1. The van der Waals surface area contributed by atoms with Crippen LogP contribution in [-0.2, 0) is 21.3 Å². The van der Waals surface area contributed by atoms with Gasteiger partial charge >= 0.3 is 12.3 Å². The summed E-state index contributed by atoms with van der Waals surface area (Å²) in [4.78, 5) is 41.0. The van der Waals surface area contributed by atoms with Gasteiger partial charge in [-0.3, -0.25) is 4.79 Å². The molecule has 1 aliphatic heterocycles. The van der Waals surface area contributed by atoms with Gasteiger partial charge in [0.15, 0.2) is 0 Å². The fourth-order valence-electron chi connectivity index (χ4n) is 5.38. The second-order valence-corrected chi connectivity index (χ2v) is 11.6. The fraction of sp³-hybridized carbons (Fsp3) is 0.464. The number of aliphatic hydroxyl groups is 1. The molecule has 0 bridgehead atoms. The van der Waals surface area contributed by atoms with Gasteiger partial charge in [-0.25, -0.2) is 19.7 Å². The van der Waals surface area contributed by atoms with Gasteiger partial charge in [0, 0.05) is 50.2 Å². The molecule has 1 saturated carbocycles. The van der Waals surface area contributed by atoms with Crippen LogP contribution >= 0.6 is 11.3 Å². The zero-order chi connectivity index (χ0) is 30.1. The predicted molar refractivity (Wildman–Crippen MR) is 149 cm³/mol. The summed E-state index contributed by atoms with van der Waals surface area (Å²) >= 11 is 1.35. The maximum Gasteiger partial charge on any atom is 0.433 e. The summed E-state index contributed by atoms with van der Waals surface area (Å²) in [6.07, 6.45) is -0.403. The minimum Gasteiger partial charge on any atom is -0.453 e. The third kappa shape index (κ3) is 6.49. The third-order valence-electron chi connectivity index (χ3n) is 7.65. The number of hydrogen-bond acceptors (Lipinski definition) is 9. The molecule has 224 valence electrons. The first-order valence-corrected chi connectivity index (χ1v) is 14.4. The Morgan fingerprint density at radius 2 is 1.79 bits per heavy atom. The fourth-order valence-corrected chi connectivity index (χ4v) is 6.43. The van der Waals surface area contributed by atoms with E-state index >= 15 is 0 Å². The lowest BCUT2D eigenvalue weighted by Gasteiger charge is -2.39. The lowest BCUT2D eigenvalue weighted by atomic mass is 9.78. The van der Waals surface area contributed by atoms with E-state index in [0.29, 0.717) is 62.6 Å². The standard InChI is InChI=1S/C28H31F3N6O4S/c1-17-13-19(15-20(14-17)34-25-32-8-5-22(35-25)28(29,30)31)21-16-33-24(42-21)27(40)6-3-18(4-7-27)23(38)36-9-11-37(12-10-36)26(39)41-2/h5,8,13-16,18,40H,3-4,6-7,9-12H2,1-2H3,(H,32,34,35). The number of rotatable bonds is 5. The molecule has 2 aliphatic rings. The van der Waals surface area contributed by atoms with E-state index in [9.17, 15) is 27.9 Å². The van der Waals surface area contributed by atoms with Crippen molar-refractivity contribution >= 4 is 35.0 Å². The Morgan fingerprint density at radius 1 is 1.10 bits per heavy atom. The number of aryl methyl sites for hydroxylation is 1. The number of piperazine rings is 1. The van der Waals surface area contributed by atoms with E-state index in [0.717, 1.165) is 28.3 Å². The van der Waals surface area contributed by atoms with Gasteiger partial charge in [0.2, 0.25) is 11.9 Å². The van der Waals surface area contributed by atoms with Crippen LogP contribution in [0.5, 0.6) is 0 Å². The molecule has 14 heteroatoms. The molecular weight excluding hydrogens is 573 g/mol. The highest BCUT2D eigenvalue weighted by Crippen LogP contribution is 2.43. The molecule has 0 unspecified atom stereocenters. The topological polar surface area (TPSA) is 121 Å². The van der Waals surface area contributed by atoms with Crippen molar-refractivity contribution in [2.45, 2.75) is 44.4 Å². The number of thiazole rings is 1. The van der Waals surface area contributed by atoms with Crippen LogP contribution in [0.2, 0.25) is 0 Å². The molecule has 2 aromatic heterocycles. The normalized spacial score (nSPS) is 21.2. The van der Waals surface area contributed by atoms with Crippen LogP contribution in [0.3, 0.4) is 0 Å². The van der Waals surface area contributed by atoms with Gasteiger partial charge in [-0.1, -0.05) is 6.07 Å². The average Bonchev–Trinajstić information content (AvgIpc) is 3.48. The SMILES string of the molecule is COC(=O)N1CCN(C(=O)C2CCC(O)(c3ncc(-c4cc(C)cc(Nc5nccc(C(F)(F)F)n5)c4)s3)CC2)CC1. The highest BCUT2D eigenvalue weighted by atomic mass is 32.1. The van der Waals surface area contributed by atoms with Gasteiger partial charge in [-0.2, -0.15) is 13.2 Å². The predicted octanol–water partition coefficient (Wildman–Crippen LogP) is 4.96. The summed E-state index contributed by atoms with van der Waals surface area (Å²) in [7, 11) is 1.34. The third-order valence-corrected chi connectivity index (χ3v) is 8.89. The second-order valence-electron chi connectivity index (χ2n) is 10.6. The molecule has 5 rings (SSSR count). The summed E-state index contributed by atoms with van der Waals surface area (Å²) in [5.74, 6) is -0.318. The first-order valence-electron chi connectivity index (χ1n) is 13.5. The largest absolute Gasteiger partial charge is 0.453 e. The van der Waals surface area contributed by atoms with E-state index in [2.05, 4.69) is 20.3 Å². The minimum absolute atomic E-state index is 0.0472. The van der Waals surface area contributed by atoms with Crippen molar-refractivity contribution in [2.75, 3.05) is 38.6 Å².